The Morgan fingerprint density at radius 3 is 2.59 bits per heavy atom. The third-order valence-corrected chi connectivity index (χ3v) is 7.99. The summed E-state index contributed by atoms with van der Waals surface area (Å²) in [5, 5.41) is 17.2. The third kappa shape index (κ3) is 9.13. The van der Waals surface area contributed by atoms with Crippen LogP contribution in [0.2, 0.25) is 5.02 Å². The van der Waals surface area contributed by atoms with E-state index >= 15 is 4.39 Å². The van der Waals surface area contributed by atoms with Crippen LogP contribution < -0.4 is 38.8 Å². The molecule has 11 N–H and O–H groups in total. The van der Waals surface area contributed by atoms with Crippen molar-refractivity contribution in [3.05, 3.63) is 81.1 Å². The lowest BCUT2D eigenvalue weighted by Crippen LogP contribution is -2.48. The second-order valence-electron chi connectivity index (χ2n) is 11.5. The van der Waals surface area contributed by atoms with Crippen LogP contribution in [0.1, 0.15) is 50.3 Å². The van der Waals surface area contributed by atoms with Gasteiger partial charge in [-0.05, 0) is 87.5 Å². The number of hydrogen-bond acceptors (Lipinski definition) is 7. The van der Waals surface area contributed by atoms with E-state index in [1.165, 1.54) is 4.57 Å². The van der Waals surface area contributed by atoms with E-state index in [-0.39, 0.29) is 41.6 Å². The fraction of sp³-hybridized carbons (Fsp3) is 0.375. The van der Waals surface area contributed by atoms with E-state index in [0.717, 1.165) is 24.0 Å². The molecule has 0 aliphatic rings. The Kier molecular flexibility index (Phi) is 11.9. The van der Waals surface area contributed by atoms with Gasteiger partial charge in [0.1, 0.15) is 5.65 Å². The highest BCUT2D eigenvalue weighted by molar-refractivity contribution is 6.31. The second kappa shape index (κ2) is 15.8. The molecule has 0 aliphatic carbocycles. The van der Waals surface area contributed by atoms with Gasteiger partial charge in [-0.1, -0.05) is 23.7 Å². The van der Waals surface area contributed by atoms with E-state index in [2.05, 4.69) is 25.9 Å². The molecule has 0 saturated carbocycles. The number of hydrogen-bond donors (Lipinski definition) is 8. The number of aromatic amines is 1. The van der Waals surface area contributed by atoms with Crippen molar-refractivity contribution in [2.75, 3.05) is 19.6 Å². The summed E-state index contributed by atoms with van der Waals surface area (Å²) >= 11 is 6.24. The summed E-state index contributed by atoms with van der Waals surface area (Å²) in [5.74, 6) is -0.999. The predicted octanol–water partition coefficient (Wildman–Crippen LogP) is 2.81. The van der Waals surface area contributed by atoms with Crippen molar-refractivity contribution >= 4 is 34.5 Å². The van der Waals surface area contributed by atoms with Crippen LogP contribution in [0.3, 0.4) is 0 Å². The molecule has 3 atom stereocenters. The normalized spacial score (nSPS) is 13.3. The highest BCUT2D eigenvalue weighted by Gasteiger charge is 2.16. The van der Waals surface area contributed by atoms with Gasteiger partial charge in [0.15, 0.2) is 11.8 Å². The van der Waals surface area contributed by atoms with E-state index in [0.29, 0.717) is 53.9 Å². The molecule has 0 saturated heterocycles. The lowest BCUT2D eigenvalue weighted by Gasteiger charge is -2.21. The van der Waals surface area contributed by atoms with Gasteiger partial charge in [0.2, 0.25) is 5.91 Å². The fourth-order valence-corrected chi connectivity index (χ4v) is 5.45. The molecule has 0 radical (unpaired) electrons. The first-order valence-corrected chi connectivity index (χ1v) is 15.6. The van der Waals surface area contributed by atoms with Crippen molar-refractivity contribution in [1.29, 1.82) is 5.41 Å². The number of H-pyrrole nitrogens is 1. The van der Waals surface area contributed by atoms with Gasteiger partial charge >= 0.3 is 5.69 Å². The maximum absolute atomic E-state index is 15.1. The minimum Gasteiger partial charge on any atom is -0.370 e. The summed E-state index contributed by atoms with van der Waals surface area (Å²) in [5.41, 5.74) is 19.9. The van der Waals surface area contributed by atoms with Crippen molar-refractivity contribution in [3.8, 4) is 16.9 Å². The minimum absolute atomic E-state index is 0.0218. The highest BCUT2D eigenvalue weighted by atomic mass is 35.5. The first-order chi connectivity index (χ1) is 21.9. The Labute approximate surface area is 271 Å². The molecular weight excluding hydrogens is 611 g/mol. The third-order valence-electron chi connectivity index (χ3n) is 7.72. The average Bonchev–Trinajstić information content (AvgIpc) is 3.42. The van der Waals surface area contributed by atoms with Gasteiger partial charge in [0.05, 0.1) is 22.9 Å². The van der Waals surface area contributed by atoms with Gasteiger partial charge in [-0.2, -0.15) is 4.98 Å². The number of halogens is 2. The van der Waals surface area contributed by atoms with Crippen molar-refractivity contribution in [2.45, 2.75) is 57.7 Å². The van der Waals surface area contributed by atoms with Crippen LogP contribution in [0.15, 0.2) is 53.5 Å². The molecule has 12 nitrogen and oxygen atoms in total. The van der Waals surface area contributed by atoms with E-state index in [1.54, 1.807) is 24.4 Å². The van der Waals surface area contributed by atoms with Gasteiger partial charge < -0.3 is 38.1 Å². The Balaban J connectivity index is 1.46. The van der Waals surface area contributed by atoms with Crippen LogP contribution in [0.4, 0.5) is 4.39 Å². The average molecular weight is 653 g/mol. The van der Waals surface area contributed by atoms with Gasteiger partial charge in [0, 0.05) is 41.8 Å². The molecule has 2 heterocycles. The largest absolute Gasteiger partial charge is 0.370 e. The molecule has 0 unspecified atom stereocenters. The Hall–Kier alpha value is -4.30. The topological polar surface area (TPSA) is 206 Å². The lowest BCUT2D eigenvalue weighted by molar-refractivity contribution is -0.119. The maximum Gasteiger partial charge on any atom is 0.354 e. The molecule has 4 rings (SSSR count). The van der Waals surface area contributed by atoms with Crippen LogP contribution in [-0.2, 0) is 11.2 Å². The molecule has 0 aliphatic heterocycles. The summed E-state index contributed by atoms with van der Waals surface area (Å²) in [7, 11) is 0. The van der Waals surface area contributed by atoms with E-state index in [9.17, 15) is 9.59 Å². The van der Waals surface area contributed by atoms with Crippen molar-refractivity contribution in [1.82, 2.24) is 30.5 Å². The maximum atomic E-state index is 15.1. The summed E-state index contributed by atoms with van der Waals surface area (Å²) in [6, 6.07) is 12.5. The number of amides is 1. The quantitative estimate of drug-likeness (QED) is 0.0706. The summed E-state index contributed by atoms with van der Waals surface area (Å²) < 4.78 is 16.6. The first kappa shape index (κ1) is 34.6. The Morgan fingerprint density at radius 2 is 1.91 bits per heavy atom. The Morgan fingerprint density at radius 1 is 1.17 bits per heavy atom. The zero-order valence-corrected chi connectivity index (χ0v) is 26.8. The molecule has 2 aromatic carbocycles. The molecule has 246 valence electrons. The van der Waals surface area contributed by atoms with Gasteiger partial charge in [-0.3, -0.25) is 14.8 Å². The van der Waals surface area contributed by atoms with E-state index < -0.39 is 11.5 Å². The van der Waals surface area contributed by atoms with Crippen molar-refractivity contribution in [2.24, 2.45) is 17.2 Å². The molecule has 1 amide bonds. The zero-order chi connectivity index (χ0) is 33.4. The van der Waals surface area contributed by atoms with Crippen LogP contribution >= 0.6 is 11.6 Å². The number of aromatic nitrogens is 3. The second-order valence-corrected chi connectivity index (χ2v) is 11.9. The molecule has 0 spiro atoms. The summed E-state index contributed by atoms with van der Waals surface area (Å²) in [6.07, 6.45) is 4.70. The van der Waals surface area contributed by atoms with Crippen molar-refractivity contribution < 1.29 is 9.18 Å². The predicted molar refractivity (Wildman–Crippen MR) is 181 cm³/mol. The molecule has 46 heavy (non-hydrogen) atoms. The number of guanidine groups is 1. The minimum atomic E-state index is -0.540. The highest BCUT2D eigenvalue weighted by Crippen LogP contribution is 2.31. The van der Waals surface area contributed by atoms with Gasteiger partial charge in [-0.25, -0.2) is 9.18 Å². The number of nitrogens with zero attached hydrogens (tertiary/aromatic N) is 2. The van der Waals surface area contributed by atoms with Crippen LogP contribution in [0.5, 0.6) is 0 Å². The van der Waals surface area contributed by atoms with Crippen molar-refractivity contribution in [3.63, 3.8) is 0 Å². The molecule has 4 aromatic rings. The summed E-state index contributed by atoms with van der Waals surface area (Å²) in [4.78, 5) is 31.8. The number of rotatable bonds is 15. The van der Waals surface area contributed by atoms with Crippen LogP contribution in [-0.4, -0.2) is 58.1 Å². The number of carbonyl (C=O) groups is 1. The number of fused-ring (bicyclic) bond motifs is 1. The molecule has 2 aromatic heterocycles. The standard InChI is InChI=1S/C32H42ClFN10O2/c1-18(36)4-3-5-20-12-25(29(34)26(33)13-20)27-14-22-17-44(32(46)43-30(22)42-27)24-8-6-21(7-9-24)19(2)39-11-10-23(41-31(37)38)16-40-28(45)15-35/h6-9,12-14,17-19,23,39H,3-5,10-11,15-16,35-36H2,1-2H3,(H,40,45)(H4,37,38,41)(H,42,43,46)/t18-,19-,23+/m0/s1. The number of carbonyl (C=O) groups excluding carboxylic acids is 1. The molecule has 0 fully saturated rings. The summed E-state index contributed by atoms with van der Waals surface area (Å²) in [6.45, 7) is 4.73. The fourth-order valence-electron chi connectivity index (χ4n) is 5.21. The molecule has 14 heteroatoms. The smallest absolute Gasteiger partial charge is 0.354 e. The van der Waals surface area contributed by atoms with Gasteiger partial charge in [-0.15, -0.1) is 0 Å². The van der Waals surface area contributed by atoms with Crippen LogP contribution in [0.25, 0.3) is 28.0 Å². The molecule has 0 bridgehead atoms. The number of aryl methyl sites for hydroxylation is 1. The van der Waals surface area contributed by atoms with E-state index in [4.69, 9.17) is 34.2 Å². The number of nitrogens with one attached hydrogen (secondary N) is 5. The number of nitrogens with two attached hydrogens (primary N) is 3. The SMILES string of the molecule is C[C@H](N)CCCc1cc(Cl)c(F)c(-c2cc3cn(-c4ccc([C@H](C)NCC[C@H](CNC(=O)CN)NC(=N)N)cc4)c(=O)nc3[nH]2)c1. The first-order valence-electron chi connectivity index (χ1n) is 15.2. The lowest BCUT2D eigenvalue weighted by atomic mass is 10.0. The van der Waals surface area contributed by atoms with E-state index in [1.807, 2.05) is 38.1 Å². The zero-order valence-electron chi connectivity index (χ0n) is 26.0. The van der Waals surface area contributed by atoms with Crippen LogP contribution in [0, 0.1) is 11.2 Å². The molecular formula is C32H42ClFN10O2. The Bertz CT molecular complexity index is 1720. The monoisotopic (exact) mass is 652 g/mol. The van der Waals surface area contributed by atoms with Gasteiger partial charge in [0.25, 0.3) is 0 Å². The number of benzene rings is 2.